The molecule has 0 saturated carbocycles. The van der Waals surface area contributed by atoms with Gasteiger partial charge < -0.3 is 30.3 Å². The number of halogens is 7. The van der Waals surface area contributed by atoms with Crippen LogP contribution in [0.25, 0.3) is 10.9 Å². The van der Waals surface area contributed by atoms with Gasteiger partial charge in [-0.25, -0.2) is 9.59 Å². The number of aromatic nitrogens is 1. The zero-order valence-electron chi connectivity index (χ0n) is 28.6. The molecule has 3 aromatic carbocycles. The number of benzene rings is 3. The number of rotatable bonds is 8. The summed E-state index contributed by atoms with van der Waals surface area (Å²) in [6.07, 6.45) is -7.20. The van der Waals surface area contributed by atoms with Crippen molar-refractivity contribution in [2.75, 3.05) is 32.1 Å². The maximum atomic E-state index is 14.5. The quantitative estimate of drug-likeness (QED) is 0.138. The van der Waals surface area contributed by atoms with Crippen LogP contribution in [0.3, 0.4) is 0 Å². The highest BCUT2D eigenvalue weighted by atomic mass is 35.5. The Balaban J connectivity index is 0.000000441. The van der Waals surface area contributed by atoms with Crippen molar-refractivity contribution in [2.24, 2.45) is 5.92 Å². The lowest BCUT2D eigenvalue weighted by molar-refractivity contribution is -0.193. The highest BCUT2D eigenvalue weighted by Crippen LogP contribution is 2.35. The molecule has 9 nitrogen and oxygen atoms in total. The normalized spacial score (nSPS) is 15.5. The molecule has 0 fully saturated rings. The smallest absolute Gasteiger partial charge is 0.475 e. The van der Waals surface area contributed by atoms with Gasteiger partial charge in [-0.1, -0.05) is 66.6 Å². The Morgan fingerprint density at radius 1 is 0.962 bits per heavy atom. The molecule has 1 aliphatic heterocycles. The summed E-state index contributed by atoms with van der Waals surface area (Å²) in [5.74, 6) is -5.13. The van der Waals surface area contributed by atoms with Crippen molar-refractivity contribution in [3.8, 4) is 0 Å². The molecule has 5 rings (SSSR count). The summed E-state index contributed by atoms with van der Waals surface area (Å²) in [5.41, 5.74) is 6.74. The summed E-state index contributed by atoms with van der Waals surface area (Å²) in [7, 11) is 4.18. The van der Waals surface area contributed by atoms with Crippen molar-refractivity contribution in [3.63, 3.8) is 0 Å². The Morgan fingerprint density at radius 2 is 1.54 bits per heavy atom. The Kier molecular flexibility index (Phi) is 14.3. The number of carbonyl (C=O) groups is 3. The number of hydrogen-bond acceptors (Lipinski definition) is 5. The van der Waals surface area contributed by atoms with Crippen molar-refractivity contribution in [3.05, 3.63) is 100 Å². The Morgan fingerprint density at radius 3 is 2.10 bits per heavy atom. The largest absolute Gasteiger partial charge is 0.490 e. The molecule has 1 amide bonds. The van der Waals surface area contributed by atoms with Gasteiger partial charge in [0.1, 0.15) is 0 Å². The molecule has 0 radical (unpaired) electrons. The van der Waals surface area contributed by atoms with Crippen LogP contribution in [0.1, 0.15) is 35.1 Å². The Bertz CT molecular complexity index is 1800. The molecule has 16 heteroatoms. The molecule has 0 spiro atoms. The van der Waals surface area contributed by atoms with Gasteiger partial charge >= 0.3 is 24.3 Å². The third kappa shape index (κ3) is 11.7. The van der Waals surface area contributed by atoms with Gasteiger partial charge in [0.2, 0.25) is 5.91 Å². The van der Waals surface area contributed by atoms with Crippen LogP contribution < -0.4 is 10.2 Å². The first-order chi connectivity index (χ1) is 24.2. The number of anilines is 1. The van der Waals surface area contributed by atoms with Gasteiger partial charge in [0, 0.05) is 53.4 Å². The summed E-state index contributed by atoms with van der Waals surface area (Å²) in [6, 6.07) is 22.3. The molecule has 52 heavy (non-hydrogen) atoms. The van der Waals surface area contributed by atoms with Crippen molar-refractivity contribution in [1.29, 1.82) is 0 Å². The van der Waals surface area contributed by atoms with E-state index < -0.39 is 30.3 Å². The van der Waals surface area contributed by atoms with Crippen LogP contribution in [0.5, 0.6) is 0 Å². The monoisotopic (exact) mass is 756 g/mol. The predicted octanol–water partition coefficient (Wildman–Crippen LogP) is 7.43. The van der Waals surface area contributed by atoms with E-state index in [4.69, 9.17) is 31.4 Å². The zero-order valence-corrected chi connectivity index (χ0v) is 29.4. The van der Waals surface area contributed by atoms with E-state index in [1.807, 2.05) is 29.2 Å². The van der Waals surface area contributed by atoms with Gasteiger partial charge in [0.15, 0.2) is 0 Å². The number of carbonyl (C=O) groups excluding carboxylic acids is 1. The molecule has 1 aromatic heterocycles. The number of H-pyrrole nitrogens is 1. The molecule has 2 heterocycles. The molecule has 282 valence electrons. The summed E-state index contributed by atoms with van der Waals surface area (Å²) in [5, 5.41) is 19.8. The van der Waals surface area contributed by atoms with Gasteiger partial charge in [0.05, 0.1) is 6.04 Å². The molecule has 4 N–H and O–H groups in total. The summed E-state index contributed by atoms with van der Waals surface area (Å²) >= 11 is 6.39. The van der Waals surface area contributed by atoms with Gasteiger partial charge in [-0.2, -0.15) is 26.3 Å². The number of aromatic amines is 1. The van der Waals surface area contributed by atoms with E-state index in [1.54, 1.807) is 0 Å². The first kappa shape index (κ1) is 41.8. The van der Waals surface area contributed by atoms with E-state index in [0.29, 0.717) is 24.0 Å². The second-order valence-electron chi connectivity index (χ2n) is 12.6. The number of aliphatic carboxylic acids is 2. The van der Waals surface area contributed by atoms with Gasteiger partial charge in [-0.05, 0) is 74.3 Å². The number of alkyl halides is 6. The van der Waals surface area contributed by atoms with Crippen LogP contribution in [0.4, 0.5) is 32.0 Å². The average molecular weight is 757 g/mol. The molecule has 4 aromatic rings. The minimum absolute atomic E-state index is 0.0472. The number of nitrogens with zero attached hydrogens (tertiary/aromatic N) is 2. The second-order valence-corrected chi connectivity index (χ2v) is 13.0. The van der Waals surface area contributed by atoms with Crippen LogP contribution in [0, 0.1) is 12.8 Å². The minimum atomic E-state index is -5.08. The Labute approximate surface area is 301 Å². The SMILES string of the molecule is Cc1ccc(CNC(C(=O)N2C[C@@H](CN(C)C)Cc3cc(Cl)ccc32)C(C)c2c[nH]c3ccccc23)cc1.O=C(O)C(F)(F)F.O=C(O)C(F)(F)F. The number of fused-ring (bicyclic) bond motifs is 2. The summed E-state index contributed by atoms with van der Waals surface area (Å²) in [4.78, 5) is 39.9. The number of carboxylic acids is 2. The van der Waals surface area contributed by atoms with E-state index >= 15 is 0 Å². The first-order valence-electron chi connectivity index (χ1n) is 15.9. The van der Waals surface area contributed by atoms with Crippen LogP contribution in [-0.4, -0.2) is 83.5 Å². The van der Waals surface area contributed by atoms with E-state index in [2.05, 4.69) is 91.8 Å². The lowest BCUT2D eigenvalue weighted by Crippen LogP contribution is -2.52. The maximum absolute atomic E-state index is 14.5. The molecule has 1 aliphatic rings. The van der Waals surface area contributed by atoms with Crippen molar-refractivity contribution in [1.82, 2.24) is 15.2 Å². The molecule has 0 saturated heterocycles. The van der Waals surface area contributed by atoms with Gasteiger partial charge in [-0.15, -0.1) is 0 Å². The number of amides is 1. The van der Waals surface area contributed by atoms with Crippen LogP contribution in [-0.2, 0) is 27.3 Å². The molecular weight excluding hydrogens is 718 g/mol. The average Bonchev–Trinajstić information content (AvgIpc) is 3.48. The topological polar surface area (TPSA) is 126 Å². The fourth-order valence-electron chi connectivity index (χ4n) is 5.79. The maximum Gasteiger partial charge on any atom is 0.490 e. The zero-order chi connectivity index (χ0) is 39.0. The number of nitrogens with one attached hydrogen (secondary N) is 2. The van der Waals surface area contributed by atoms with Crippen molar-refractivity contribution < 1.29 is 50.9 Å². The van der Waals surface area contributed by atoms with E-state index in [1.165, 1.54) is 5.56 Å². The Hall–Kier alpha value is -4.60. The molecular formula is C36H39ClF6N4O5. The van der Waals surface area contributed by atoms with Crippen LogP contribution in [0.2, 0.25) is 5.02 Å². The summed E-state index contributed by atoms with van der Waals surface area (Å²) < 4.78 is 63.5. The summed E-state index contributed by atoms with van der Waals surface area (Å²) in [6.45, 7) is 6.47. The lowest BCUT2D eigenvalue weighted by atomic mass is 9.88. The van der Waals surface area contributed by atoms with Gasteiger partial charge in [-0.3, -0.25) is 4.79 Å². The lowest BCUT2D eigenvalue weighted by Gasteiger charge is -2.39. The fourth-order valence-corrected chi connectivity index (χ4v) is 5.98. The number of hydrogen-bond donors (Lipinski definition) is 4. The molecule has 3 atom stereocenters. The highest BCUT2D eigenvalue weighted by Gasteiger charge is 2.39. The predicted molar refractivity (Wildman–Crippen MR) is 185 cm³/mol. The standard InChI is InChI=1S/C32H37ClN4O.2C2HF3O2/c1-21-9-11-23(12-10-21)17-35-31(22(2)28-18-34-29-8-6-5-7-27(28)29)32(38)37-20-24(19-36(3)4)15-25-16-26(33)13-14-30(25)37;2*3-2(4,5)1(6)7/h5-14,16,18,22,24,31,34-35H,15,17,19-20H2,1-4H3;2*(H,6,7)/t22?,24-,31?;;/m1../s1. The molecule has 2 unspecified atom stereocenters. The first-order valence-corrected chi connectivity index (χ1v) is 16.3. The number of para-hydroxylation sites is 1. The van der Waals surface area contributed by atoms with Gasteiger partial charge in [0.25, 0.3) is 0 Å². The fraction of sp³-hybridized carbons (Fsp3) is 0.361. The third-order valence-electron chi connectivity index (χ3n) is 8.18. The van der Waals surface area contributed by atoms with Crippen LogP contribution >= 0.6 is 11.6 Å². The number of carboxylic acid groups (broad SMARTS) is 2. The highest BCUT2D eigenvalue weighted by molar-refractivity contribution is 6.30. The van der Waals surface area contributed by atoms with E-state index in [-0.39, 0.29) is 11.8 Å². The second kappa shape index (κ2) is 17.8. The van der Waals surface area contributed by atoms with Crippen molar-refractivity contribution in [2.45, 2.75) is 51.1 Å². The van der Waals surface area contributed by atoms with Crippen molar-refractivity contribution >= 4 is 46.0 Å². The molecule has 0 aliphatic carbocycles. The van der Waals surface area contributed by atoms with Crippen LogP contribution in [0.15, 0.2) is 72.9 Å². The van der Waals surface area contributed by atoms with E-state index in [0.717, 1.165) is 46.2 Å². The molecule has 0 bridgehead atoms. The third-order valence-corrected chi connectivity index (χ3v) is 8.42. The minimum Gasteiger partial charge on any atom is -0.475 e. The number of aryl methyl sites for hydroxylation is 1. The van der Waals surface area contributed by atoms with E-state index in [9.17, 15) is 31.1 Å².